The molecule has 0 aromatic carbocycles. The molecule has 1 saturated carbocycles. The minimum atomic E-state index is -4.08. The van der Waals surface area contributed by atoms with Gasteiger partial charge < -0.3 is 5.32 Å². The topological polar surface area (TPSA) is 12.0 Å². The molecule has 14 heavy (non-hydrogen) atoms. The van der Waals surface area contributed by atoms with Crippen LogP contribution in [0.15, 0.2) is 0 Å². The van der Waals surface area contributed by atoms with Crippen LogP contribution in [0.4, 0.5) is 13.2 Å². The average Bonchev–Trinajstić information content (AvgIpc) is 2.14. The van der Waals surface area contributed by atoms with E-state index in [2.05, 4.69) is 5.32 Å². The van der Waals surface area contributed by atoms with E-state index in [9.17, 15) is 13.2 Å². The van der Waals surface area contributed by atoms with Crippen LogP contribution < -0.4 is 5.32 Å². The zero-order valence-corrected chi connectivity index (χ0v) is 9.05. The SMILES string of the molecule is CSC1CCCCC1NCC(F)(F)F. The van der Waals surface area contributed by atoms with E-state index < -0.39 is 12.7 Å². The zero-order chi connectivity index (χ0) is 10.6. The van der Waals surface area contributed by atoms with Crippen LogP contribution in [0.1, 0.15) is 25.7 Å². The molecule has 1 rings (SSSR count). The van der Waals surface area contributed by atoms with Gasteiger partial charge in [0.1, 0.15) is 0 Å². The van der Waals surface area contributed by atoms with Crippen LogP contribution >= 0.6 is 11.8 Å². The lowest BCUT2D eigenvalue weighted by atomic mass is 9.95. The Labute approximate surface area is 86.8 Å². The Morgan fingerprint density at radius 2 is 1.93 bits per heavy atom. The molecule has 0 aromatic rings. The molecule has 0 saturated heterocycles. The molecule has 2 atom stereocenters. The van der Waals surface area contributed by atoms with Gasteiger partial charge in [0.15, 0.2) is 0 Å². The van der Waals surface area contributed by atoms with Gasteiger partial charge in [-0.25, -0.2) is 0 Å². The second-order valence-electron chi connectivity index (χ2n) is 3.66. The van der Waals surface area contributed by atoms with Crippen molar-refractivity contribution < 1.29 is 13.2 Å². The molecule has 1 fully saturated rings. The Hall–Kier alpha value is 0.100. The Bertz CT molecular complexity index is 172. The molecule has 2 unspecified atom stereocenters. The lowest BCUT2D eigenvalue weighted by molar-refractivity contribution is -0.126. The Morgan fingerprint density at radius 3 is 2.50 bits per heavy atom. The molecule has 5 heteroatoms. The molecule has 0 spiro atoms. The number of alkyl halides is 3. The molecular formula is C9H16F3NS. The summed E-state index contributed by atoms with van der Waals surface area (Å²) in [6, 6.07) is 0.0420. The summed E-state index contributed by atoms with van der Waals surface area (Å²) in [5.41, 5.74) is 0. The monoisotopic (exact) mass is 227 g/mol. The Kier molecular flexibility index (Phi) is 4.57. The van der Waals surface area contributed by atoms with Crippen molar-refractivity contribution in [2.45, 2.75) is 43.2 Å². The van der Waals surface area contributed by atoms with Crippen LogP contribution in [0.3, 0.4) is 0 Å². The highest BCUT2D eigenvalue weighted by Crippen LogP contribution is 2.27. The number of hydrogen-bond acceptors (Lipinski definition) is 2. The van der Waals surface area contributed by atoms with E-state index in [1.165, 1.54) is 0 Å². The van der Waals surface area contributed by atoms with E-state index in [-0.39, 0.29) is 6.04 Å². The number of nitrogens with one attached hydrogen (secondary N) is 1. The highest BCUT2D eigenvalue weighted by atomic mass is 32.2. The smallest absolute Gasteiger partial charge is 0.305 e. The Balaban J connectivity index is 2.33. The first-order valence-corrected chi connectivity index (χ1v) is 6.14. The third-order valence-corrected chi connectivity index (χ3v) is 3.74. The molecule has 1 aliphatic rings. The standard InChI is InChI=1S/C9H16F3NS/c1-14-8-5-3-2-4-7(8)13-6-9(10,11)12/h7-8,13H,2-6H2,1H3. The van der Waals surface area contributed by atoms with E-state index in [1.807, 2.05) is 6.26 Å². The molecule has 1 nitrogen and oxygen atoms in total. The molecule has 1 N–H and O–H groups in total. The summed E-state index contributed by atoms with van der Waals surface area (Å²) >= 11 is 1.67. The summed E-state index contributed by atoms with van der Waals surface area (Å²) in [6.45, 7) is -0.852. The van der Waals surface area contributed by atoms with Crippen LogP contribution in [0.5, 0.6) is 0 Å². The minimum absolute atomic E-state index is 0.0420. The summed E-state index contributed by atoms with van der Waals surface area (Å²) in [6.07, 6.45) is 2.00. The van der Waals surface area contributed by atoms with E-state index in [4.69, 9.17) is 0 Å². The summed E-state index contributed by atoms with van der Waals surface area (Å²) in [5, 5.41) is 2.97. The van der Waals surface area contributed by atoms with Crippen molar-refractivity contribution in [3.8, 4) is 0 Å². The lowest BCUT2D eigenvalue weighted by Gasteiger charge is -2.31. The van der Waals surface area contributed by atoms with Crippen molar-refractivity contribution in [3.05, 3.63) is 0 Å². The van der Waals surface area contributed by atoms with Crippen molar-refractivity contribution in [1.29, 1.82) is 0 Å². The second kappa shape index (κ2) is 5.26. The van der Waals surface area contributed by atoms with Crippen LogP contribution in [0.25, 0.3) is 0 Å². The fourth-order valence-electron chi connectivity index (χ4n) is 1.86. The van der Waals surface area contributed by atoms with E-state index >= 15 is 0 Å². The van der Waals surface area contributed by atoms with Gasteiger partial charge in [-0.3, -0.25) is 0 Å². The normalized spacial score (nSPS) is 29.1. The van der Waals surface area contributed by atoms with E-state index in [0.29, 0.717) is 5.25 Å². The molecule has 0 bridgehead atoms. The van der Waals surface area contributed by atoms with Gasteiger partial charge in [-0.2, -0.15) is 24.9 Å². The molecule has 0 radical (unpaired) electrons. The largest absolute Gasteiger partial charge is 0.401 e. The Morgan fingerprint density at radius 1 is 1.29 bits per heavy atom. The van der Waals surface area contributed by atoms with Gasteiger partial charge in [-0.15, -0.1) is 0 Å². The van der Waals surface area contributed by atoms with E-state index in [0.717, 1.165) is 25.7 Å². The van der Waals surface area contributed by atoms with Crippen molar-refractivity contribution in [1.82, 2.24) is 5.32 Å². The van der Waals surface area contributed by atoms with Crippen molar-refractivity contribution in [3.63, 3.8) is 0 Å². The molecule has 84 valence electrons. The maximum atomic E-state index is 12.0. The zero-order valence-electron chi connectivity index (χ0n) is 8.23. The first-order valence-electron chi connectivity index (χ1n) is 4.86. The van der Waals surface area contributed by atoms with Crippen molar-refractivity contribution in [2.24, 2.45) is 0 Å². The number of thioether (sulfide) groups is 1. The van der Waals surface area contributed by atoms with Crippen molar-refractivity contribution in [2.75, 3.05) is 12.8 Å². The van der Waals surface area contributed by atoms with Crippen LogP contribution in [-0.4, -0.2) is 30.3 Å². The maximum absolute atomic E-state index is 12.0. The summed E-state index contributed by atoms with van der Waals surface area (Å²) in [4.78, 5) is 0. The average molecular weight is 227 g/mol. The summed E-state index contributed by atoms with van der Waals surface area (Å²) in [7, 11) is 0. The van der Waals surface area contributed by atoms with Gasteiger partial charge in [-0.1, -0.05) is 12.8 Å². The molecular weight excluding hydrogens is 211 g/mol. The van der Waals surface area contributed by atoms with Gasteiger partial charge >= 0.3 is 6.18 Å². The fourth-order valence-corrected chi connectivity index (χ4v) is 2.82. The van der Waals surface area contributed by atoms with Gasteiger partial charge in [0, 0.05) is 11.3 Å². The number of rotatable bonds is 3. The highest BCUT2D eigenvalue weighted by molar-refractivity contribution is 7.99. The quantitative estimate of drug-likeness (QED) is 0.795. The van der Waals surface area contributed by atoms with Crippen molar-refractivity contribution >= 4 is 11.8 Å². The molecule has 1 aliphatic carbocycles. The summed E-state index contributed by atoms with van der Waals surface area (Å²) < 4.78 is 35.9. The van der Waals surface area contributed by atoms with Crippen LogP contribution in [0.2, 0.25) is 0 Å². The van der Waals surface area contributed by atoms with Gasteiger partial charge in [0.25, 0.3) is 0 Å². The first kappa shape index (κ1) is 12.2. The fraction of sp³-hybridized carbons (Fsp3) is 1.00. The molecule has 0 aliphatic heterocycles. The molecule has 0 aromatic heterocycles. The predicted molar refractivity (Wildman–Crippen MR) is 53.6 cm³/mol. The maximum Gasteiger partial charge on any atom is 0.401 e. The second-order valence-corrected chi connectivity index (χ2v) is 4.74. The van der Waals surface area contributed by atoms with Crippen LogP contribution in [-0.2, 0) is 0 Å². The van der Waals surface area contributed by atoms with Gasteiger partial charge in [0.05, 0.1) is 6.54 Å². The third kappa shape index (κ3) is 4.09. The van der Waals surface area contributed by atoms with E-state index in [1.54, 1.807) is 11.8 Å². The highest BCUT2D eigenvalue weighted by Gasteiger charge is 2.31. The van der Waals surface area contributed by atoms with Gasteiger partial charge in [0.2, 0.25) is 0 Å². The van der Waals surface area contributed by atoms with Gasteiger partial charge in [-0.05, 0) is 19.1 Å². The molecule has 0 heterocycles. The summed E-state index contributed by atoms with van der Waals surface area (Å²) in [5.74, 6) is 0. The van der Waals surface area contributed by atoms with Crippen LogP contribution in [0, 0.1) is 0 Å². The lowest BCUT2D eigenvalue weighted by Crippen LogP contribution is -2.44. The number of hydrogen-bond donors (Lipinski definition) is 1. The number of halogens is 3. The first-order chi connectivity index (χ1) is 6.53. The predicted octanol–water partition coefficient (Wildman–Crippen LogP) is 2.81. The minimum Gasteiger partial charge on any atom is -0.305 e. The molecule has 0 amide bonds. The third-order valence-electron chi connectivity index (χ3n) is 2.57.